The van der Waals surface area contributed by atoms with Crippen molar-refractivity contribution in [3.8, 4) is 0 Å². The number of allylic oxidation sites excluding steroid dienone is 3. The summed E-state index contributed by atoms with van der Waals surface area (Å²) in [5, 5.41) is -0.260. The van der Waals surface area contributed by atoms with Crippen LogP contribution in [0.3, 0.4) is 0 Å². The highest BCUT2D eigenvalue weighted by molar-refractivity contribution is 7.91. The Labute approximate surface area is 176 Å². The first kappa shape index (κ1) is 21.2. The van der Waals surface area contributed by atoms with Crippen LogP contribution >= 0.6 is 0 Å². The van der Waals surface area contributed by atoms with E-state index in [9.17, 15) is 25.6 Å². The number of nitrogens with zero attached hydrogens (tertiary/aromatic N) is 4. The second kappa shape index (κ2) is 7.02. The van der Waals surface area contributed by atoms with Crippen molar-refractivity contribution in [3.63, 3.8) is 0 Å². The van der Waals surface area contributed by atoms with Crippen LogP contribution in [-0.2, 0) is 19.9 Å². The maximum Gasteiger partial charge on any atom is 0.249 e. The minimum atomic E-state index is -4.22. The van der Waals surface area contributed by atoms with Gasteiger partial charge in [0.2, 0.25) is 10.0 Å². The van der Waals surface area contributed by atoms with E-state index in [0.717, 1.165) is 22.4 Å². The fourth-order valence-corrected chi connectivity index (χ4v) is 5.73. The third-order valence-corrected chi connectivity index (χ3v) is 8.15. The molecule has 3 aromatic heterocycles. The van der Waals surface area contributed by atoms with Crippen LogP contribution in [0.25, 0.3) is 16.6 Å². The zero-order chi connectivity index (χ0) is 22.6. The quantitative estimate of drug-likeness (QED) is 0.544. The highest BCUT2D eigenvalue weighted by Gasteiger charge is 2.43. The molecule has 12 heteroatoms. The van der Waals surface area contributed by atoms with E-state index in [1.54, 1.807) is 18.2 Å². The van der Waals surface area contributed by atoms with Crippen molar-refractivity contribution in [3.05, 3.63) is 66.4 Å². The standard InChI is InChI=1S/C19H16F2N4O4S2/c1-19(31(28,29)25-7-5-12-4-3-6-22-17(12)25)9-13(8-14(20)10-19)16-23-11-15(21)18(24-16)30(2,26)27/h3-8,10-11H,9H2,1-2H3. The number of sulfone groups is 1. The van der Waals surface area contributed by atoms with Crippen LogP contribution in [0, 0.1) is 5.82 Å². The number of hydrogen-bond acceptors (Lipinski definition) is 7. The number of fused-ring (bicyclic) bond motifs is 1. The van der Waals surface area contributed by atoms with E-state index in [1.165, 1.54) is 19.3 Å². The van der Waals surface area contributed by atoms with Gasteiger partial charge in [0.25, 0.3) is 0 Å². The van der Waals surface area contributed by atoms with Crippen LogP contribution in [-0.4, -0.2) is 46.8 Å². The summed E-state index contributed by atoms with van der Waals surface area (Å²) in [5.41, 5.74) is 0.200. The van der Waals surface area contributed by atoms with E-state index in [4.69, 9.17) is 0 Å². The Morgan fingerprint density at radius 1 is 1.13 bits per heavy atom. The zero-order valence-electron chi connectivity index (χ0n) is 16.3. The molecule has 162 valence electrons. The van der Waals surface area contributed by atoms with Gasteiger partial charge in [-0.2, -0.15) is 0 Å². The van der Waals surface area contributed by atoms with Gasteiger partial charge in [-0.05, 0) is 37.3 Å². The largest absolute Gasteiger partial charge is 0.249 e. The molecular weight excluding hydrogens is 450 g/mol. The van der Waals surface area contributed by atoms with Gasteiger partial charge in [0, 0.05) is 36.0 Å². The van der Waals surface area contributed by atoms with E-state index in [2.05, 4.69) is 15.0 Å². The van der Waals surface area contributed by atoms with E-state index in [0.29, 0.717) is 11.6 Å². The molecular formula is C19H16F2N4O4S2. The van der Waals surface area contributed by atoms with Crippen molar-refractivity contribution >= 4 is 36.5 Å². The van der Waals surface area contributed by atoms with Crippen molar-refractivity contribution in [2.75, 3.05) is 6.26 Å². The fraction of sp³-hybridized carbons (Fsp3) is 0.211. The smallest absolute Gasteiger partial charge is 0.237 e. The molecule has 1 atom stereocenters. The number of aromatic nitrogens is 4. The molecule has 0 amide bonds. The summed E-state index contributed by atoms with van der Waals surface area (Å²) in [6.45, 7) is 1.32. The van der Waals surface area contributed by atoms with E-state index in [-0.39, 0.29) is 23.5 Å². The van der Waals surface area contributed by atoms with Crippen molar-refractivity contribution in [2.45, 2.75) is 23.1 Å². The molecule has 0 spiro atoms. The first-order valence-corrected chi connectivity index (χ1v) is 12.2. The summed E-state index contributed by atoms with van der Waals surface area (Å²) < 4.78 is 78.1. The van der Waals surface area contributed by atoms with Gasteiger partial charge in [-0.3, -0.25) is 0 Å². The molecule has 3 aromatic rings. The number of pyridine rings is 1. The molecule has 0 saturated carbocycles. The SMILES string of the molecule is CC1(S(=O)(=O)n2ccc3cccnc32)C=C(F)C=C(c2ncc(F)c(S(C)(=O)=O)n2)C1. The number of halogens is 2. The molecule has 0 radical (unpaired) electrons. The van der Waals surface area contributed by atoms with Crippen molar-refractivity contribution in [1.82, 2.24) is 18.9 Å². The van der Waals surface area contributed by atoms with Gasteiger partial charge in [0.1, 0.15) is 10.6 Å². The van der Waals surface area contributed by atoms with Crippen molar-refractivity contribution in [1.29, 1.82) is 0 Å². The maximum absolute atomic E-state index is 14.6. The van der Waals surface area contributed by atoms with Crippen molar-refractivity contribution < 1.29 is 25.6 Å². The fourth-order valence-electron chi connectivity index (χ4n) is 3.42. The monoisotopic (exact) mass is 466 g/mol. The minimum absolute atomic E-state index is 0.0143. The number of hydrogen-bond donors (Lipinski definition) is 0. The van der Waals surface area contributed by atoms with E-state index in [1.807, 2.05) is 0 Å². The molecule has 1 aliphatic carbocycles. The molecule has 8 nitrogen and oxygen atoms in total. The predicted octanol–water partition coefficient (Wildman–Crippen LogP) is 2.65. The zero-order valence-corrected chi connectivity index (χ0v) is 18.0. The normalized spacial score (nSPS) is 19.9. The van der Waals surface area contributed by atoms with Crippen LogP contribution in [0.2, 0.25) is 0 Å². The summed E-state index contributed by atoms with van der Waals surface area (Å²) in [4.78, 5) is 11.6. The van der Waals surface area contributed by atoms with Gasteiger partial charge in [-0.15, -0.1) is 0 Å². The topological polar surface area (TPSA) is 112 Å². The summed E-state index contributed by atoms with van der Waals surface area (Å²) in [6.07, 6.45) is 5.90. The summed E-state index contributed by atoms with van der Waals surface area (Å²) in [5.74, 6) is -2.30. The van der Waals surface area contributed by atoms with Crippen LogP contribution in [0.15, 0.2) is 59.8 Å². The van der Waals surface area contributed by atoms with Gasteiger partial charge in [0.05, 0.1) is 6.20 Å². The van der Waals surface area contributed by atoms with Crippen LogP contribution in [0.4, 0.5) is 8.78 Å². The highest BCUT2D eigenvalue weighted by Crippen LogP contribution is 2.39. The third kappa shape index (κ3) is 3.55. The molecule has 0 aliphatic heterocycles. The third-order valence-electron chi connectivity index (χ3n) is 4.91. The summed E-state index contributed by atoms with van der Waals surface area (Å²) in [7, 11) is -8.23. The Morgan fingerprint density at radius 2 is 1.87 bits per heavy atom. The van der Waals surface area contributed by atoms with Gasteiger partial charge >= 0.3 is 0 Å². The summed E-state index contributed by atoms with van der Waals surface area (Å²) >= 11 is 0. The molecule has 0 saturated heterocycles. The molecule has 3 heterocycles. The average molecular weight is 466 g/mol. The van der Waals surface area contributed by atoms with Gasteiger partial charge in [-0.25, -0.2) is 44.5 Å². The predicted molar refractivity (Wildman–Crippen MR) is 109 cm³/mol. The van der Waals surface area contributed by atoms with Crippen LogP contribution in [0.1, 0.15) is 19.2 Å². The van der Waals surface area contributed by atoms with Crippen LogP contribution in [0.5, 0.6) is 0 Å². The molecule has 0 fully saturated rings. The van der Waals surface area contributed by atoms with Crippen molar-refractivity contribution in [2.24, 2.45) is 0 Å². The second-order valence-corrected chi connectivity index (χ2v) is 11.5. The second-order valence-electron chi connectivity index (χ2n) is 7.34. The molecule has 31 heavy (non-hydrogen) atoms. The molecule has 1 unspecified atom stereocenters. The van der Waals surface area contributed by atoms with E-state index < -0.39 is 41.3 Å². The van der Waals surface area contributed by atoms with Gasteiger partial charge in [-0.1, -0.05) is 0 Å². The summed E-state index contributed by atoms with van der Waals surface area (Å²) in [6, 6.07) is 4.93. The minimum Gasteiger partial charge on any atom is -0.237 e. The van der Waals surface area contributed by atoms with E-state index >= 15 is 0 Å². The Morgan fingerprint density at radius 3 is 2.58 bits per heavy atom. The Bertz CT molecular complexity index is 1490. The maximum atomic E-state index is 14.6. The lowest BCUT2D eigenvalue weighted by atomic mass is 9.94. The number of rotatable bonds is 4. The molecule has 0 bridgehead atoms. The molecule has 0 aromatic carbocycles. The first-order valence-electron chi connectivity index (χ1n) is 8.91. The highest BCUT2D eigenvalue weighted by atomic mass is 32.2. The van der Waals surface area contributed by atoms with Crippen LogP contribution < -0.4 is 0 Å². The molecule has 1 aliphatic rings. The lowest BCUT2D eigenvalue weighted by Gasteiger charge is -2.30. The lowest BCUT2D eigenvalue weighted by molar-refractivity contribution is 0.541. The average Bonchev–Trinajstić information content (AvgIpc) is 3.11. The molecule has 0 N–H and O–H groups in total. The molecule has 4 rings (SSSR count). The Kier molecular flexibility index (Phi) is 4.81. The Balaban J connectivity index is 1.82. The van der Waals surface area contributed by atoms with Gasteiger partial charge in [0.15, 0.2) is 32.2 Å². The van der Waals surface area contributed by atoms with Gasteiger partial charge < -0.3 is 0 Å². The lowest BCUT2D eigenvalue weighted by Crippen LogP contribution is -2.39. The first-order chi connectivity index (χ1) is 14.4. The Hall–Kier alpha value is -2.99.